The minimum atomic E-state index is -0.238. The molecule has 0 fully saturated rings. The third-order valence-corrected chi connectivity index (χ3v) is 13.4. The Morgan fingerprint density at radius 3 is 0.500 bits per heavy atom. The molecule has 0 atom stereocenters. The smallest absolute Gasteiger partial charge is 0.196 e. The molecule has 0 radical (unpaired) electrons. The highest BCUT2D eigenvalue weighted by atomic mass is 16.1. The molecule has 404 valence electrons. The Morgan fingerprint density at radius 2 is 0.338 bits per heavy atom. The Labute approximate surface area is 458 Å². The second-order valence-electron chi connectivity index (χ2n) is 17.0. The maximum absolute atomic E-state index is 13.4. The summed E-state index contributed by atoms with van der Waals surface area (Å²) in [5.74, 6) is 0. The van der Waals surface area contributed by atoms with E-state index in [2.05, 4.69) is 19.9 Å². The normalized spacial score (nSPS) is 10.7. The van der Waals surface area contributed by atoms with Crippen LogP contribution in [0.5, 0.6) is 0 Å². The van der Waals surface area contributed by atoms with Gasteiger partial charge in [-0.3, -0.25) is 38.4 Å². The summed E-state index contributed by atoms with van der Waals surface area (Å²) in [6.45, 7) is 24.0. The van der Waals surface area contributed by atoms with Gasteiger partial charge in [-0.15, -0.1) is 0 Å². The lowest BCUT2D eigenvalue weighted by molar-refractivity contribution is 1.41. The van der Waals surface area contributed by atoms with Crippen molar-refractivity contribution in [3.63, 3.8) is 0 Å². The predicted molar refractivity (Wildman–Crippen MR) is 341 cm³/mol. The Bertz CT molecular complexity index is 4530. The number of hydrogen-bond donors (Lipinski definition) is 4. The summed E-state index contributed by atoms with van der Waals surface area (Å²) < 4.78 is 0. The number of nitrogens with one attached hydrogen (secondary N) is 4. The number of hydrogen-bond acceptors (Lipinski definition) is 8. The van der Waals surface area contributed by atoms with Crippen molar-refractivity contribution in [3.8, 4) is 0 Å². The summed E-state index contributed by atoms with van der Waals surface area (Å²) in [5, 5.41) is 5.53. The molecule has 0 bridgehead atoms. The number of fused-ring (bicyclic) bond motifs is 16. The average Bonchev–Trinajstić information content (AvgIpc) is 3.60. The monoisotopic (exact) mass is 1060 g/mol. The largest absolute Gasteiger partial charge is 0.351 e. The highest BCUT2D eigenvalue weighted by Gasteiger charge is 2.20. The lowest BCUT2D eigenvalue weighted by Crippen LogP contribution is -2.14. The second kappa shape index (κ2) is 24.8. The average molecular weight is 1070 g/mol. The van der Waals surface area contributed by atoms with E-state index in [1.807, 2.05) is 83.1 Å². The Kier molecular flexibility index (Phi) is 18.0. The molecule has 12 aromatic carbocycles. The highest BCUT2D eigenvalue weighted by molar-refractivity contribution is 6.16. The molecule has 12 heteroatoms. The van der Waals surface area contributed by atoms with E-state index in [4.69, 9.17) is 0 Å². The molecule has 14 aromatic rings. The molecule has 0 saturated heterocycles. The lowest BCUT2D eigenvalue weighted by Gasteiger charge is -2.10. The van der Waals surface area contributed by atoms with E-state index in [0.717, 1.165) is 0 Å². The van der Waals surface area contributed by atoms with Crippen molar-refractivity contribution in [1.82, 2.24) is 19.9 Å². The van der Waals surface area contributed by atoms with Gasteiger partial charge in [0.2, 0.25) is 0 Å². The van der Waals surface area contributed by atoms with Crippen molar-refractivity contribution in [1.29, 1.82) is 0 Å². The number of rotatable bonds is 0. The molecule has 2 aromatic heterocycles. The van der Waals surface area contributed by atoms with Gasteiger partial charge in [0, 0.05) is 64.6 Å². The van der Waals surface area contributed by atoms with Crippen LogP contribution in [0.25, 0.3) is 130 Å². The zero-order chi connectivity index (χ0) is 58.3. The summed E-state index contributed by atoms with van der Waals surface area (Å²) in [6, 6.07) is 40.5. The molecular weight excluding hydrogens is 1000 g/mol. The highest BCUT2D eigenvalue weighted by Crippen LogP contribution is 2.29. The SMILES string of the molecule is CC.CC.CC.CC.CC.CC.O=c1c2ccccc2c(=O)c2c1ccc1[nH]c3c(ccc4c(=O)c5ccccc5c(=O)c43)[nH]c12.O=c1c2ccccc2c(=O)c2c1ccc1[nH]c3c(ccc4c(=O)c5ccccc5c(=O)c43)[nH]c12. The quantitative estimate of drug-likeness (QED) is 0.0849. The minimum Gasteiger partial charge on any atom is -0.351 e. The number of H-pyrrole nitrogens is 4. The van der Waals surface area contributed by atoms with Gasteiger partial charge in [0.05, 0.1) is 65.7 Å². The summed E-state index contributed by atoms with van der Waals surface area (Å²) in [6.07, 6.45) is 0. The molecule has 80 heavy (non-hydrogen) atoms. The van der Waals surface area contributed by atoms with Crippen LogP contribution in [-0.2, 0) is 0 Å². The van der Waals surface area contributed by atoms with Crippen molar-refractivity contribution >= 4 is 130 Å². The summed E-state index contributed by atoms with van der Waals surface area (Å²) in [4.78, 5) is 119. The number of aromatic amines is 4. The van der Waals surface area contributed by atoms with Crippen LogP contribution >= 0.6 is 0 Å². The Morgan fingerprint density at radius 1 is 0.188 bits per heavy atom. The fourth-order valence-corrected chi connectivity index (χ4v) is 10.2. The first-order valence-electron chi connectivity index (χ1n) is 27.6. The van der Waals surface area contributed by atoms with Gasteiger partial charge in [0.25, 0.3) is 0 Å². The molecule has 4 N–H and O–H groups in total. The topological polar surface area (TPSA) is 200 Å². The predicted octanol–water partition coefficient (Wildman–Crippen LogP) is 14.4. The van der Waals surface area contributed by atoms with Crippen molar-refractivity contribution in [2.75, 3.05) is 0 Å². The van der Waals surface area contributed by atoms with Crippen LogP contribution < -0.4 is 43.4 Å². The van der Waals surface area contributed by atoms with Gasteiger partial charge in [-0.25, -0.2) is 0 Å². The van der Waals surface area contributed by atoms with Crippen LogP contribution in [0.3, 0.4) is 0 Å². The van der Waals surface area contributed by atoms with Crippen LogP contribution in [0.15, 0.2) is 184 Å². The van der Waals surface area contributed by atoms with Crippen LogP contribution in [0.2, 0.25) is 0 Å². The first-order valence-corrected chi connectivity index (χ1v) is 27.6. The fourth-order valence-electron chi connectivity index (χ4n) is 10.2. The molecule has 0 unspecified atom stereocenters. The second-order valence-corrected chi connectivity index (χ2v) is 17.0. The molecule has 0 amide bonds. The van der Waals surface area contributed by atoms with E-state index in [0.29, 0.717) is 130 Å². The Balaban J connectivity index is 0.000000195. The first-order chi connectivity index (χ1) is 39.1. The van der Waals surface area contributed by atoms with Crippen molar-refractivity contribution in [2.45, 2.75) is 83.1 Å². The van der Waals surface area contributed by atoms with E-state index in [9.17, 15) is 38.4 Å². The van der Waals surface area contributed by atoms with Crippen molar-refractivity contribution in [2.24, 2.45) is 0 Å². The third-order valence-electron chi connectivity index (χ3n) is 13.4. The van der Waals surface area contributed by atoms with Gasteiger partial charge in [0.1, 0.15) is 0 Å². The van der Waals surface area contributed by atoms with Gasteiger partial charge < -0.3 is 19.9 Å². The molecule has 0 aliphatic carbocycles. The van der Waals surface area contributed by atoms with E-state index in [1.54, 1.807) is 146 Å². The van der Waals surface area contributed by atoms with Crippen LogP contribution in [0.1, 0.15) is 83.1 Å². The molecule has 12 nitrogen and oxygen atoms in total. The standard InChI is InChI=1S/2C28H14N2O4.6C2H6/c2*31-25-13-5-1-3-7-15(13)27(33)21-17(25)9-11-19-23(21)29-20-12-10-18-22(24(20)30-19)28(34)16-8-4-2-6-14(16)26(18)32;6*1-2/h2*1-12,29-30H;6*1-2H3. The zero-order valence-corrected chi connectivity index (χ0v) is 47.1. The number of aromatic nitrogens is 4. The summed E-state index contributed by atoms with van der Waals surface area (Å²) in [5.41, 5.74) is 2.36. The molecule has 2 heterocycles. The minimum absolute atomic E-state index is 0.205. The maximum Gasteiger partial charge on any atom is 0.196 e. The summed E-state index contributed by atoms with van der Waals surface area (Å²) in [7, 11) is 0. The third kappa shape index (κ3) is 9.31. The van der Waals surface area contributed by atoms with Crippen LogP contribution in [-0.4, -0.2) is 19.9 Å². The molecule has 0 saturated carbocycles. The van der Waals surface area contributed by atoms with Crippen LogP contribution in [0.4, 0.5) is 0 Å². The Hall–Kier alpha value is -9.68. The van der Waals surface area contributed by atoms with Crippen LogP contribution in [0, 0.1) is 0 Å². The van der Waals surface area contributed by atoms with Gasteiger partial charge in [-0.1, -0.05) is 180 Å². The van der Waals surface area contributed by atoms with E-state index in [1.165, 1.54) is 0 Å². The molecule has 14 rings (SSSR count). The van der Waals surface area contributed by atoms with Gasteiger partial charge in [-0.2, -0.15) is 0 Å². The fraction of sp³-hybridized carbons (Fsp3) is 0.176. The van der Waals surface area contributed by atoms with E-state index >= 15 is 0 Å². The van der Waals surface area contributed by atoms with E-state index in [-0.39, 0.29) is 43.4 Å². The number of benzene rings is 12. The first kappa shape index (κ1) is 58.0. The van der Waals surface area contributed by atoms with Gasteiger partial charge >= 0.3 is 0 Å². The molecule has 0 spiro atoms. The lowest BCUT2D eigenvalue weighted by atomic mass is 9.99. The zero-order valence-electron chi connectivity index (χ0n) is 47.1. The molecule has 0 aliphatic rings. The van der Waals surface area contributed by atoms with Crippen molar-refractivity contribution < 1.29 is 0 Å². The molecule has 0 aliphatic heterocycles. The molecular formula is C68H64N4O8. The maximum atomic E-state index is 13.4. The van der Waals surface area contributed by atoms with Gasteiger partial charge in [-0.05, 0) is 48.5 Å². The van der Waals surface area contributed by atoms with E-state index < -0.39 is 0 Å². The van der Waals surface area contributed by atoms with Gasteiger partial charge in [0.15, 0.2) is 43.4 Å². The van der Waals surface area contributed by atoms with Crippen molar-refractivity contribution in [3.05, 3.63) is 227 Å². The summed E-state index contributed by atoms with van der Waals surface area (Å²) >= 11 is 0.